The molecule has 39 heavy (non-hydrogen) atoms. The third kappa shape index (κ3) is 3.03. The van der Waals surface area contributed by atoms with E-state index >= 15 is 0 Å². The van der Waals surface area contributed by atoms with Gasteiger partial charge in [0.1, 0.15) is 4.83 Å². The lowest BCUT2D eigenvalue weighted by Crippen LogP contribution is -2.01. The van der Waals surface area contributed by atoms with E-state index in [2.05, 4.69) is 102 Å². The van der Waals surface area contributed by atoms with Crippen molar-refractivity contribution in [1.29, 1.82) is 0 Å². The first-order valence-electron chi connectivity index (χ1n) is 12.9. The Hall–Kier alpha value is -4.58. The SMILES string of the molecule is c1ccc(-c2nc(-n3c4ccccc4c4cc5sc6ccccc6c5cc43)c3c(n2)sc2ccccc23)cc1. The fraction of sp³-hybridized carbons (Fsp3) is 0. The van der Waals surface area contributed by atoms with Crippen LogP contribution >= 0.6 is 22.7 Å². The van der Waals surface area contributed by atoms with Gasteiger partial charge >= 0.3 is 0 Å². The number of hydrogen-bond donors (Lipinski definition) is 0. The Morgan fingerprint density at radius 2 is 1.18 bits per heavy atom. The average molecular weight is 534 g/mol. The summed E-state index contributed by atoms with van der Waals surface area (Å²) in [5, 5.41) is 7.37. The average Bonchev–Trinajstić information content (AvgIpc) is 3.65. The highest BCUT2D eigenvalue weighted by Gasteiger charge is 2.21. The molecule has 0 atom stereocenters. The van der Waals surface area contributed by atoms with Gasteiger partial charge in [0, 0.05) is 46.6 Å². The van der Waals surface area contributed by atoms with Crippen molar-refractivity contribution in [2.75, 3.05) is 0 Å². The molecule has 0 unspecified atom stereocenters. The van der Waals surface area contributed by atoms with Crippen LogP contribution in [0.1, 0.15) is 0 Å². The Bertz CT molecular complexity index is 2390. The maximum Gasteiger partial charge on any atom is 0.163 e. The molecule has 182 valence electrons. The summed E-state index contributed by atoms with van der Waals surface area (Å²) in [6.07, 6.45) is 0. The number of benzene rings is 5. The largest absolute Gasteiger partial charge is 0.293 e. The molecule has 0 N–H and O–H groups in total. The van der Waals surface area contributed by atoms with E-state index in [0.29, 0.717) is 0 Å². The molecule has 0 saturated heterocycles. The van der Waals surface area contributed by atoms with E-state index < -0.39 is 0 Å². The van der Waals surface area contributed by atoms with Gasteiger partial charge in [0.15, 0.2) is 11.6 Å². The first kappa shape index (κ1) is 21.4. The highest BCUT2D eigenvalue weighted by Crippen LogP contribution is 2.43. The second kappa shape index (κ2) is 7.96. The van der Waals surface area contributed by atoms with Crippen LogP contribution in [0.4, 0.5) is 0 Å². The second-order valence-electron chi connectivity index (χ2n) is 9.83. The highest BCUT2D eigenvalue weighted by molar-refractivity contribution is 7.26. The van der Waals surface area contributed by atoms with Crippen LogP contribution in [0.3, 0.4) is 0 Å². The predicted octanol–water partition coefficient (Wildman–Crippen LogP) is 9.98. The van der Waals surface area contributed by atoms with Gasteiger partial charge in [0.05, 0.1) is 16.4 Å². The molecule has 0 fully saturated rings. The zero-order chi connectivity index (χ0) is 25.5. The maximum absolute atomic E-state index is 5.33. The first-order valence-corrected chi connectivity index (χ1v) is 14.6. The molecule has 0 spiro atoms. The quantitative estimate of drug-likeness (QED) is 0.221. The van der Waals surface area contributed by atoms with E-state index in [4.69, 9.17) is 9.97 Å². The molecule has 4 aromatic heterocycles. The minimum atomic E-state index is 0.748. The molecule has 3 nitrogen and oxygen atoms in total. The molecule has 5 heteroatoms. The van der Waals surface area contributed by atoms with Crippen LogP contribution in [-0.4, -0.2) is 14.5 Å². The zero-order valence-corrected chi connectivity index (χ0v) is 22.3. The number of thiophene rings is 2. The van der Waals surface area contributed by atoms with E-state index in [1.54, 1.807) is 11.3 Å². The minimum Gasteiger partial charge on any atom is -0.293 e. The molecule has 0 aliphatic rings. The van der Waals surface area contributed by atoms with Crippen molar-refractivity contribution in [2.45, 2.75) is 0 Å². The van der Waals surface area contributed by atoms with E-state index in [1.165, 1.54) is 46.5 Å². The smallest absolute Gasteiger partial charge is 0.163 e. The highest BCUT2D eigenvalue weighted by atomic mass is 32.1. The molecule has 4 heterocycles. The molecule has 0 radical (unpaired) electrons. The summed E-state index contributed by atoms with van der Waals surface area (Å²) in [5.74, 6) is 1.68. The summed E-state index contributed by atoms with van der Waals surface area (Å²) in [4.78, 5) is 11.4. The van der Waals surface area contributed by atoms with E-state index in [9.17, 15) is 0 Å². The van der Waals surface area contributed by atoms with Crippen molar-refractivity contribution in [3.8, 4) is 17.2 Å². The van der Waals surface area contributed by atoms with Gasteiger partial charge in [0.25, 0.3) is 0 Å². The van der Waals surface area contributed by atoms with Crippen molar-refractivity contribution in [3.63, 3.8) is 0 Å². The molecule has 9 aromatic rings. The van der Waals surface area contributed by atoms with Crippen molar-refractivity contribution in [3.05, 3.63) is 115 Å². The standard InChI is InChI=1S/C34H19N3S2/c1-2-10-20(11-3-1)32-35-33(31-23-14-6-9-17-29(23)39-34(31)36-32)37-26-15-7-4-12-21(26)24-19-30-25(18-27(24)37)22-13-5-8-16-28(22)38-30/h1-19H. The molecule has 5 aromatic carbocycles. The van der Waals surface area contributed by atoms with E-state index in [1.807, 2.05) is 29.5 Å². The van der Waals surface area contributed by atoms with E-state index in [0.717, 1.165) is 32.9 Å². The van der Waals surface area contributed by atoms with Gasteiger partial charge in [-0.1, -0.05) is 84.9 Å². The lowest BCUT2D eigenvalue weighted by molar-refractivity contribution is 1.08. The second-order valence-corrected chi connectivity index (χ2v) is 11.9. The number of aromatic nitrogens is 3. The van der Waals surface area contributed by atoms with Crippen LogP contribution in [-0.2, 0) is 0 Å². The van der Waals surface area contributed by atoms with Gasteiger partial charge in [0.2, 0.25) is 0 Å². The third-order valence-electron chi connectivity index (χ3n) is 7.63. The van der Waals surface area contributed by atoms with Crippen molar-refractivity contribution >= 4 is 85.0 Å². The van der Waals surface area contributed by atoms with E-state index in [-0.39, 0.29) is 0 Å². The molecular weight excluding hydrogens is 515 g/mol. The van der Waals surface area contributed by atoms with Crippen LogP contribution < -0.4 is 0 Å². The Morgan fingerprint density at radius 3 is 2.03 bits per heavy atom. The van der Waals surface area contributed by atoms with Crippen molar-refractivity contribution in [2.24, 2.45) is 0 Å². The third-order valence-corrected chi connectivity index (χ3v) is 9.83. The Balaban J connectivity index is 1.49. The van der Waals surface area contributed by atoms with Crippen molar-refractivity contribution in [1.82, 2.24) is 14.5 Å². The van der Waals surface area contributed by atoms with Gasteiger partial charge in [-0.15, -0.1) is 22.7 Å². The Labute approximate surface area is 231 Å². The molecule has 0 bridgehead atoms. The number of nitrogens with zero attached hydrogens (tertiary/aromatic N) is 3. The van der Waals surface area contributed by atoms with Gasteiger partial charge in [-0.3, -0.25) is 4.57 Å². The van der Waals surface area contributed by atoms with Crippen LogP contribution in [0.5, 0.6) is 0 Å². The molecule has 0 saturated carbocycles. The topological polar surface area (TPSA) is 30.7 Å². The molecular formula is C34H19N3S2. The minimum absolute atomic E-state index is 0.748. The van der Waals surface area contributed by atoms with Gasteiger partial charge < -0.3 is 0 Å². The summed E-state index contributed by atoms with van der Waals surface area (Å²) < 4.78 is 6.22. The normalized spacial score (nSPS) is 12.1. The molecule has 9 rings (SSSR count). The Morgan fingerprint density at radius 1 is 0.487 bits per heavy atom. The molecule has 0 aliphatic carbocycles. The maximum atomic E-state index is 5.33. The number of hydrogen-bond acceptors (Lipinski definition) is 4. The monoisotopic (exact) mass is 533 g/mol. The number of para-hydroxylation sites is 1. The lowest BCUT2D eigenvalue weighted by atomic mass is 10.1. The summed E-state index contributed by atoms with van der Waals surface area (Å²) in [7, 11) is 0. The number of fused-ring (bicyclic) bond motifs is 9. The Kier molecular flexibility index (Phi) is 4.36. The van der Waals surface area contributed by atoms with Crippen LogP contribution in [0.15, 0.2) is 115 Å². The first-order chi connectivity index (χ1) is 19.3. The van der Waals surface area contributed by atoms with Gasteiger partial charge in [-0.05, 0) is 30.3 Å². The van der Waals surface area contributed by atoms with Crippen LogP contribution in [0, 0.1) is 0 Å². The predicted molar refractivity (Wildman–Crippen MR) is 168 cm³/mol. The summed E-state index contributed by atoms with van der Waals surface area (Å²) in [6.45, 7) is 0. The van der Waals surface area contributed by atoms with Crippen molar-refractivity contribution < 1.29 is 0 Å². The molecule has 0 aliphatic heterocycles. The van der Waals surface area contributed by atoms with Gasteiger partial charge in [-0.2, -0.15) is 0 Å². The molecule has 0 amide bonds. The summed E-state index contributed by atoms with van der Waals surface area (Å²) in [5.41, 5.74) is 3.34. The number of rotatable bonds is 2. The summed E-state index contributed by atoms with van der Waals surface area (Å²) in [6, 6.07) is 41.0. The fourth-order valence-electron chi connectivity index (χ4n) is 5.90. The van der Waals surface area contributed by atoms with Crippen LogP contribution in [0.2, 0.25) is 0 Å². The van der Waals surface area contributed by atoms with Crippen LogP contribution in [0.25, 0.3) is 79.5 Å². The summed E-state index contributed by atoms with van der Waals surface area (Å²) >= 11 is 3.60. The fourth-order valence-corrected chi connectivity index (χ4v) is 8.10. The van der Waals surface area contributed by atoms with Gasteiger partial charge in [-0.25, -0.2) is 9.97 Å². The lowest BCUT2D eigenvalue weighted by Gasteiger charge is -2.11. The zero-order valence-electron chi connectivity index (χ0n) is 20.6.